The summed E-state index contributed by atoms with van der Waals surface area (Å²) in [5.41, 5.74) is 1.34. The predicted octanol–water partition coefficient (Wildman–Crippen LogP) is 3.82. The number of nitro groups is 1. The van der Waals surface area contributed by atoms with Crippen LogP contribution in [0.15, 0.2) is 42.7 Å². The minimum atomic E-state index is -0.436. The van der Waals surface area contributed by atoms with Crippen LogP contribution in [0.4, 0.5) is 11.4 Å². The van der Waals surface area contributed by atoms with Crippen LogP contribution < -0.4 is 5.32 Å². The van der Waals surface area contributed by atoms with Gasteiger partial charge in [-0.15, -0.1) is 0 Å². The van der Waals surface area contributed by atoms with Crippen LogP contribution in [0.3, 0.4) is 0 Å². The third kappa shape index (κ3) is 3.20. The van der Waals surface area contributed by atoms with Crippen LogP contribution in [-0.2, 0) is 0 Å². The largest absolute Gasteiger partial charge is 0.373 e. The van der Waals surface area contributed by atoms with E-state index in [4.69, 9.17) is 11.6 Å². The molecular formula is C13H12ClN3O2. The minimum Gasteiger partial charge on any atom is -0.373 e. The highest BCUT2D eigenvalue weighted by atomic mass is 35.5. The summed E-state index contributed by atoms with van der Waals surface area (Å²) in [6, 6.07) is 8.05. The van der Waals surface area contributed by atoms with Gasteiger partial charge in [0.25, 0.3) is 5.69 Å². The number of benzene rings is 1. The number of pyridine rings is 1. The Labute approximate surface area is 115 Å². The first kappa shape index (κ1) is 13.3. The summed E-state index contributed by atoms with van der Waals surface area (Å²) in [6.07, 6.45) is 3.39. The Balaban J connectivity index is 2.28. The van der Waals surface area contributed by atoms with Crippen molar-refractivity contribution in [1.82, 2.24) is 4.98 Å². The molecule has 1 atom stereocenters. The quantitative estimate of drug-likeness (QED) is 0.681. The molecule has 0 aliphatic heterocycles. The molecule has 0 saturated heterocycles. The number of hydrogen-bond donors (Lipinski definition) is 1. The van der Waals surface area contributed by atoms with E-state index in [1.807, 2.05) is 19.1 Å². The molecule has 0 saturated carbocycles. The van der Waals surface area contributed by atoms with Crippen molar-refractivity contribution in [2.24, 2.45) is 0 Å². The Morgan fingerprint density at radius 1 is 1.42 bits per heavy atom. The second-order valence-electron chi connectivity index (χ2n) is 4.07. The first-order valence-electron chi connectivity index (χ1n) is 5.68. The Hall–Kier alpha value is -2.14. The van der Waals surface area contributed by atoms with E-state index in [9.17, 15) is 10.1 Å². The topological polar surface area (TPSA) is 68.1 Å². The third-order valence-electron chi connectivity index (χ3n) is 2.71. The SMILES string of the molecule is CC(Nc1cc(Cl)ccc1[N+](=O)[O-])c1cccnc1. The van der Waals surface area contributed by atoms with Crippen LogP contribution in [0, 0.1) is 10.1 Å². The maximum Gasteiger partial charge on any atom is 0.292 e. The number of halogens is 1. The van der Waals surface area contributed by atoms with Crippen molar-refractivity contribution in [1.29, 1.82) is 0 Å². The smallest absolute Gasteiger partial charge is 0.292 e. The summed E-state index contributed by atoms with van der Waals surface area (Å²) in [7, 11) is 0. The van der Waals surface area contributed by atoms with Crippen molar-refractivity contribution in [2.45, 2.75) is 13.0 Å². The molecule has 0 bridgehead atoms. The van der Waals surface area contributed by atoms with Crippen LogP contribution in [-0.4, -0.2) is 9.91 Å². The summed E-state index contributed by atoms with van der Waals surface area (Å²) >= 11 is 5.88. The second-order valence-corrected chi connectivity index (χ2v) is 4.51. The van der Waals surface area contributed by atoms with E-state index in [0.717, 1.165) is 5.56 Å². The Kier molecular flexibility index (Phi) is 3.97. The van der Waals surface area contributed by atoms with Gasteiger partial charge in [0, 0.05) is 23.5 Å². The monoisotopic (exact) mass is 277 g/mol. The van der Waals surface area contributed by atoms with Gasteiger partial charge in [-0.3, -0.25) is 15.1 Å². The highest BCUT2D eigenvalue weighted by Gasteiger charge is 2.16. The van der Waals surface area contributed by atoms with Crippen molar-refractivity contribution in [2.75, 3.05) is 5.32 Å². The molecule has 1 N–H and O–H groups in total. The molecule has 19 heavy (non-hydrogen) atoms. The zero-order valence-corrected chi connectivity index (χ0v) is 11.0. The maximum atomic E-state index is 11.0. The molecular weight excluding hydrogens is 266 g/mol. The van der Waals surface area contributed by atoms with Crippen LogP contribution in [0.5, 0.6) is 0 Å². The standard InChI is InChI=1S/C13H12ClN3O2/c1-9(10-3-2-6-15-8-10)16-12-7-11(14)4-5-13(12)17(18)19/h2-9,16H,1H3. The summed E-state index contributed by atoms with van der Waals surface area (Å²) in [5.74, 6) is 0. The van der Waals surface area contributed by atoms with Crippen molar-refractivity contribution in [3.8, 4) is 0 Å². The molecule has 5 nitrogen and oxygen atoms in total. The van der Waals surface area contributed by atoms with E-state index in [-0.39, 0.29) is 11.7 Å². The van der Waals surface area contributed by atoms with E-state index < -0.39 is 4.92 Å². The lowest BCUT2D eigenvalue weighted by Crippen LogP contribution is -2.08. The molecule has 1 aromatic carbocycles. The molecule has 1 unspecified atom stereocenters. The lowest BCUT2D eigenvalue weighted by atomic mass is 10.1. The van der Waals surface area contributed by atoms with Crippen LogP contribution in [0.25, 0.3) is 0 Å². The second kappa shape index (κ2) is 5.67. The lowest BCUT2D eigenvalue weighted by molar-refractivity contribution is -0.384. The van der Waals surface area contributed by atoms with Crippen LogP contribution in [0.2, 0.25) is 5.02 Å². The number of nitro benzene ring substituents is 1. The number of rotatable bonds is 4. The molecule has 98 valence electrons. The molecule has 0 radical (unpaired) electrons. The van der Waals surface area contributed by atoms with Gasteiger partial charge >= 0.3 is 0 Å². The normalized spacial score (nSPS) is 11.9. The van der Waals surface area contributed by atoms with Gasteiger partial charge in [0.05, 0.1) is 11.0 Å². The fourth-order valence-electron chi connectivity index (χ4n) is 1.73. The average Bonchev–Trinajstić information content (AvgIpc) is 2.39. The average molecular weight is 278 g/mol. The van der Waals surface area contributed by atoms with E-state index in [2.05, 4.69) is 10.3 Å². The first-order chi connectivity index (χ1) is 9.08. The number of nitrogens with one attached hydrogen (secondary N) is 1. The molecule has 1 heterocycles. The molecule has 0 fully saturated rings. The van der Waals surface area contributed by atoms with E-state index in [1.54, 1.807) is 18.5 Å². The zero-order valence-electron chi connectivity index (χ0n) is 10.2. The first-order valence-corrected chi connectivity index (χ1v) is 6.06. The lowest BCUT2D eigenvalue weighted by Gasteiger charge is -2.15. The minimum absolute atomic E-state index is 0.000130. The number of hydrogen-bond acceptors (Lipinski definition) is 4. The molecule has 0 amide bonds. The molecule has 0 aliphatic rings. The van der Waals surface area contributed by atoms with Gasteiger partial charge in [0.1, 0.15) is 5.69 Å². The van der Waals surface area contributed by atoms with Gasteiger partial charge < -0.3 is 5.32 Å². The highest BCUT2D eigenvalue weighted by molar-refractivity contribution is 6.31. The third-order valence-corrected chi connectivity index (χ3v) is 2.95. The maximum absolute atomic E-state index is 11.0. The van der Waals surface area contributed by atoms with Crippen LogP contribution >= 0.6 is 11.6 Å². The number of anilines is 1. The molecule has 0 aliphatic carbocycles. The fourth-order valence-corrected chi connectivity index (χ4v) is 1.90. The summed E-state index contributed by atoms with van der Waals surface area (Å²) in [6.45, 7) is 1.90. The number of aromatic nitrogens is 1. The van der Waals surface area contributed by atoms with Crippen molar-refractivity contribution >= 4 is 23.0 Å². The summed E-state index contributed by atoms with van der Waals surface area (Å²) < 4.78 is 0. The van der Waals surface area contributed by atoms with Crippen molar-refractivity contribution < 1.29 is 4.92 Å². The summed E-state index contributed by atoms with van der Waals surface area (Å²) in [4.78, 5) is 14.5. The van der Waals surface area contributed by atoms with Crippen LogP contribution in [0.1, 0.15) is 18.5 Å². The van der Waals surface area contributed by atoms with Crippen molar-refractivity contribution in [3.05, 3.63) is 63.4 Å². The van der Waals surface area contributed by atoms with Gasteiger partial charge in [-0.05, 0) is 30.7 Å². The molecule has 2 rings (SSSR count). The summed E-state index contributed by atoms with van der Waals surface area (Å²) in [5, 5.41) is 14.5. The van der Waals surface area contributed by atoms with Gasteiger partial charge in [-0.2, -0.15) is 0 Å². The zero-order chi connectivity index (χ0) is 13.8. The van der Waals surface area contributed by atoms with Gasteiger partial charge in [0.2, 0.25) is 0 Å². The molecule has 0 spiro atoms. The molecule has 1 aromatic heterocycles. The highest BCUT2D eigenvalue weighted by Crippen LogP contribution is 2.30. The van der Waals surface area contributed by atoms with Gasteiger partial charge in [-0.25, -0.2) is 0 Å². The van der Waals surface area contributed by atoms with E-state index in [1.165, 1.54) is 12.1 Å². The Morgan fingerprint density at radius 2 is 2.21 bits per heavy atom. The fraction of sp³-hybridized carbons (Fsp3) is 0.154. The van der Waals surface area contributed by atoms with Gasteiger partial charge in [0.15, 0.2) is 0 Å². The molecule has 6 heteroatoms. The van der Waals surface area contributed by atoms with E-state index >= 15 is 0 Å². The van der Waals surface area contributed by atoms with E-state index in [0.29, 0.717) is 10.7 Å². The molecule has 2 aromatic rings. The van der Waals surface area contributed by atoms with Crippen molar-refractivity contribution in [3.63, 3.8) is 0 Å². The number of nitrogens with zero attached hydrogens (tertiary/aromatic N) is 2. The van der Waals surface area contributed by atoms with Gasteiger partial charge in [-0.1, -0.05) is 17.7 Å². The predicted molar refractivity (Wildman–Crippen MR) is 74.4 cm³/mol. The Bertz CT molecular complexity index is 590. The Morgan fingerprint density at radius 3 is 2.84 bits per heavy atom.